The lowest BCUT2D eigenvalue weighted by atomic mass is 9.71. The van der Waals surface area contributed by atoms with Crippen LogP contribution < -0.4 is 10.1 Å². The van der Waals surface area contributed by atoms with E-state index in [1.165, 1.54) is 16.0 Å². The van der Waals surface area contributed by atoms with Gasteiger partial charge in [0.1, 0.15) is 0 Å². The summed E-state index contributed by atoms with van der Waals surface area (Å²) in [5, 5.41) is 3.78. The lowest BCUT2D eigenvalue weighted by Crippen LogP contribution is -2.53. The molecule has 6 heteroatoms. The molecular weight excluding hydrogens is 368 g/mol. The van der Waals surface area contributed by atoms with Crippen molar-refractivity contribution in [1.82, 2.24) is 10.3 Å². The maximum atomic E-state index is 6.38. The van der Waals surface area contributed by atoms with Crippen molar-refractivity contribution in [3.05, 3.63) is 44.7 Å². The number of thiophene rings is 1. The van der Waals surface area contributed by atoms with E-state index < -0.39 is 0 Å². The highest BCUT2D eigenvalue weighted by molar-refractivity contribution is 7.16. The number of nitrogens with zero attached hydrogens (tertiary/aromatic N) is 1. The molecule has 2 aliphatic rings. The summed E-state index contributed by atoms with van der Waals surface area (Å²) >= 11 is 8.13. The van der Waals surface area contributed by atoms with E-state index in [0.717, 1.165) is 43.2 Å². The van der Waals surface area contributed by atoms with Crippen LogP contribution in [0.25, 0.3) is 0 Å². The normalized spacial score (nSPS) is 28.6. The van der Waals surface area contributed by atoms with Crippen molar-refractivity contribution in [3.63, 3.8) is 0 Å². The van der Waals surface area contributed by atoms with E-state index >= 15 is 0 Å². The van der Waals surface area contributed by atoms with E-state index in [1.807, 2.05) is 12.3 Å². The number of piperidine rings is 1. The first kappa shape index (κ1) is 18.2. The first-order valence-electron chi connectivity index (χ1n) is 9.19. The van der Waals surface area contributed by atoms with E-state index in [2.05, 4.69) is 29.4 Å². The quantitative estimate of drug-likeness (QED) is 0.857. The summed E-state index contributed by atoms with van der Waals surface area (Å²) in [6.07, 6.45) is 6.00. The minimum Gasteiger partial charge on any atom is -0.481 e. The van der Waals surface area contributed by atoms with Crippen LogP contribution in [0.4, 0.5) is 0 Å². The number of hydrogen-bond acceptors (Lipinski definition) is 5. The highest BCUT2D eigenvalue weighted by atomic mass is 35.5. The zero-order valence-electron chi connectivity index (χ0n) is 15.3. The summed E-state index contributed by atoms with van der Waals surface area (Å²) in [6.45, 7) is 3.86. The number of halogens is 1. The van der Waals surface area contributed by atoms with Crippen LogP contribution in [0.15, 0.2) is 24.4 Å². The fourth-order valence-corrected chi connectivity index (χ4v) is 6.07. The van der Waals surface area contributed by atoms with Gasteiger partial charge >= 0.3 is 0 Å². The van der Waals surface area contributed by atoms with Crippen LogP contribution in [0, 0.1) is 0 Å². The molecule has 4 heterocycles. The molecule has 3 atom stereocenters. The van der Waals surface area contributed by atoms with Crippen LogP contribution in [-0.4, -0.2) is 37.4 Å². The van der Waals surface area contributed by atoms with Crippen molar-refractivity contribution < 1.29 is 9.47 Å². The first-order chi connectivity index (χ1) is 12.6. The molecule has 0 saturated carbocycles. The van der Waals surface area contributed by atoms with Gasteiger partial charge in [0.15, 0.2) is 0 Å². The SMILES string of the molecule is COc1ccc(CC2CC3(COCCc4cc(Cl)sc43)CC(C)N2)cn1. The van der Waals surface area contributed by atoms with Crippen LogP contribution in [0.1, 0.15) is 35.8 Å². The minimum atomic E-state index is 0.0683. The summed E-state index contributed by atoms with van der Waals surface area (Å²) in [5.41, 5.74) is 2.68. The average Bonchev–Trinajstić information content (AvgIpc) is 2.93. The summed E-state index contributed by atoms with van der Waals surface area (Å²) in [5.74, 6) is 0.658. The Morgan fingerprint density at radius 2 is 2.31 bits per heavy atom. The van der Waals surface area contributed by atoms with Crippen molar-refractivity contribution in [2.75, 3.05) is 20.3 Å². The molecule has 2 aromatic rings. The van der Waals surface area contributed by atoms with Crippen LogP contribution in [-0.2, 0) is 23.0 Å². The fraction of sp³-hybridized carbons (Fsp3) is 0.550. The van der Waals surface area contributed by atoms with Crippen molar-refractivity contribution in [1.29, 1.82) is 0 Å². The van der Waals surface area contributed by atoms with Crippen LogP contribution in [0.2, 0.25) is 4.34 Å². The van der Waals surface area contributed by atoms with E-state index in [9.17, 15) is 0 Å². The number of pyridine rings is 1. The van der Waals surface area contributed by atoms with E-state index in [0.29, 0.717) is 18.0 Å². The second-order valence-corrected chi connectivity index (χ2v) is 9.26. The van der Waals surface area contributed by atoms with Crippen molar-refractivity contribution in [2.24, 2.45) is 0 Å². The Kier molecular flexibility index (Phi) is 5.24. The molecule has 1 saturated heterocycles. The standard InChI is InChI=1S/C20H25ClN2O2S/c1-13-9-20(12-25-6-5-15-8-17(21)26-19(15)20)10-16(23-13)7-14-3-4-18(24-2)22-11-14/h3-4,8,11,13,16,23H,5-7,9-10,12H2,1-2H3. The van der Waals surface area contributed by atoms with Gasteiger partial charge in [0.2, 0.25) is 5.88 Å². The summed E-state index contributed by atoms with van der Waals surface area (Å²) in [7, 11) is 1.64. The van der Waals surface area contributed by atoms with Gasteiger partial charge in [-0.15, -0.1) is 11.3 Å². The van der Waals surface area contributed by atoms with Gasteiger partial charge in [0.05, 0.1) is 24.7 Å². The molecule has 3 unspecified atom stereocenters. The maximum Gasteiger partial charge on any atom is 0.212 e. The number of rotatable bonds is 3. The third-order valence-electron chi connectivity index (χ3n) is 5.50. The molecule has 4 rings (SSSR count). The number of hydrogen-bond donors (Lipinski definition) is 1. The fourth-order valence-electron chi connectivity index (χ4n) is 4.58. The Labute approximate surface area is 163 Å². The Hall–Kier alpha value is -1.14. The Morgan fingerprint density at radius 1 is 1.42 bits per heavy atom. The number of ether oxygens (including phenoxy) is 2. The number of methoxy groups -OCH3 is 1. The summed E-state index contributed by atoms with van der Waals surface area (Å²) in [6, 6.07) is 7.02. The van der Waals surface area contributed by atoms with Gasteiger partial charge in [-0.2, -0.15) is 0 Å². The molecule has 26 heavy (non-hydrogen) atoms. The van der Waals surface area contributed by atoms with Crippen LogP contribution in [0.3, 0.4) is 0 Å². The molecule has 1 spiro atoms. The molecule has 2 aliphatic heterocycles. The predicted molar refractivity (Wildman–Crippen MR) is 106 cm³/mol. The summed E-state index contributed by atoms with van der Waals surface area (Å²) < 4.78 is 12.1. The molecule has 140 valence electrons. The van der Waals surface area contributed by atoms with Gasteiger partial charge in [-0.25, -0.2) is 4.98 Å². The third-order valence-corrected chi connectivity index (χ3v) is 7.05. The molecule has 4 nitrogen and oxygen atoms in total. The maximum absolute atomic E-state index is 6.38. The highest BCUT2D eigenvalue weighted by Gasteiger charge is 2.44. The van der Waals surface area contributed by atoms with Gasteiger partial charge in [-0.05, 0) is 49.8 Å². The van der Waals surface area contributed by atoms with E-state index in [1.54, 1.807) is 18.4 Å². The molecule has 0 aromatic carbocycles. The van der Waals surface area contributed by atoms with Crippen LogP contribution in [0.5, 0.6) is 5.88 Å². The summed E-state index contributed by atoms with van der Waals surface area (Å²) in [4.78, 5) is 5.80. The topological polar surface area (TPSA) is 43.4 Å². The molecular formula is C20H25ClN2O2S. The Morgan fingerprint density at radius 3 is 3.08 bits per heavy atom. The van der Waals surface area contributed by atoms with Gasteiger partial charge in [-0.1, -0.05) is 17.7 Å². The zero-order valence-corrected chi connectivity index (χ0v) is 16.8. The zero-order chi connectivity index (χ0) is 18.1. The molecule has 0 bridgehead atoms. The monoisotopic (exact) mass is 392 g/mol. The highest BCUT2D eigenvalue weighted by Crippen LogP contribution is 2.46. The van der Waals surface area contributed by atoms with Crippen molar-refractivity contribution in [2.45, 2.75) is 50.1 Å². The number of aromatic nitrogens is 1. The molecule has 1 fully saturated rings. The minimum absolute atomic E-state index is 0.0683. The largest absolute Gasteiger partial charge is 0.481 e. The van der Waals surface area contributed by atoms with Gasteiger partial charge < -0.3 is 14.8 Å². The van der Waals surface area contributed by atoms with Crippen LogP contribution >= 0.6 is 22.9 Å². The molecule has 0 aliphatic carbocycles. The van der Waals surface area contributed by atoms with Crippen molar-refractivity contribution >= 4 is 22.9 Å². The molecule has 0 radical (unpaired) electrons. The number of fused-ring (bicyclic) bond motifs is 2. The van der Waals surface area contributed by atoms with E-state index in [-0.39, 0.29) is 5.41 Å². The third kappa shape index (κ3) is 3.63. The molecule has 2 aromatic heterocycles. The number of nitrogens with one attached hydrogen (secondary N) is 1. The first-order valence-corrected chi connectivity index (χ1v) is 10.4. The second kappa shape index (κ2) is 7.47. The molecule has 1 N–H and O–H groups in total. The van der Waals surface area contributed by atoms with Crippen molar-refractivity contribution in [3.8, 4) is 5.88 Å². The Balaban J connectivity index is 1.59. The lowest BCUT2D eigenvalue weighted by Gasteiger charge is -2.44. The van der Waals surface area contributed by atoms with Gasteiger partial charge in [0.25, 0.3) is 0 Å². The Bertz CT molecular complexity index is 764. The lowest BCUT2D eigenvalue weighted by molar-refractivity contribution is 0.0609. The average molecular weight is 393 g/mol. The predicted octanol–water partition coefficient (Wildman–Crippen LogP) is 4.00. The second-order valence-electron chi connectivity index (χ2n) is 7.57. The smallest absolute Gasteiger partial charge is 0.212 e. The van der Waals surface area contributed by atoms with Gasteiger partial charge in [0, 0.05) is 34.6 Å². The van der Waals surface area contributed by atoms with Gasteiger partial charge in [-0.3, -0.25) is 0 Å². The van der Waals surface area contributed by atoms with E-state index in [4.69, 9.17) is 21.1 Å². The molecule has 0 amide bonds.